The number of benzene rings is 1. The van der Waals surface area contributed by atoms with Gasteiger partial charge in [0, 0.05) is 22.7 Å². The molecular weight excluding hydrogens is 451 g/mol. The number of carbonyl (C=O) groups is 1. The van der Waals surface area contributed by atoms with Crippen molar-refractivity contribution >= 4 is 27.5 Å². The molecule has 0 amide bonds. The van der Waals surface area contributed by atoms with Crippen LogP contribution in [0.3, 0.4) is 0 Å². The zero-order chi connectivity index (χ0) is 20.3. The average Bonchev–Trinajstić information content (AvgIpc) is 2.97. The molecule has 4 rings (SSSR count). The predicted octanol–water partition coefficient (Wildman–Crippen LogP) is 4.92. The number of ether oxygens (including phenoxy) is 1. The summed E-state index contributed by atoms with van der Waals surface area (Å²) in [5, 5.41) is 0. The topological polar surface area (TPSA) is 41.9 Å². The highest BCUT2D eigenvalue weighted by Gasteiger charge is 2.48. The molecule has 10 heteroatoms. The van der Waals surface area contributed by atoms with Crippen molar-refractivity contribution in [3.63, 3.8) is 0 Å². The van der Waals surface area contributed by atoms with Gasteiger partial charge in [0.1, 0.15) is 5.54 Å². The fraction of sp³-hybridized carbons (Fsp3) is 0.333. The summed E-state index contributed by atoms with van der Waals surface area (Å²) >= 11 is 3.30. The molecular formula is C18H12BrF5N2O2. The maximum atomic E-state index is 13.2. The minimum Gasteiger partial charge on any atom is -0.431 e. The summed E-state index contributed by atoms with van der Waals surface area (Å²) in [6.07, 6.45) is -2.96. The first-order valence-corrected chi connectivity index (χ1v) is 9.04. The number of aliphatic imine (C=N–C) groups is 1. The van der Waals surface area contributed by atoms with E-state index in [1.165, 1.54) is 4.90 Å². The molecule has 1 aromatic carbocycles. The highest BCUT2D eigenvalue weighted by Crippen LogP contribution is 2.46. The van der Waals surface area contributed by atoms with Gasteiger partial charge in [0.25, 0.3) is 0 Å². The van der Waals surface area contributed by atoms with E-state index in [-0.39, 0.29) is 31.0 Å². The smallest absolute Gasteiger partial charge is 0.417 e. The van der Waals surface area contributed by atoms with Crippen molar-refractivity contribution in [3.8, 4) is 0 Å². The van der Waals surface area contributed by atoms with E-state index in [9.17, 15) is 26.7 Å². The standard InChI is InChI=1S/C18H12BrF5N2O2/c19-10-1-2-12-11(6-10)13(27)3-4-17(12)8-26-7-9(18(22,23)24)5-14(15(26)25-17)28-16(20)21/h1-2,5-7,16H,3-4,8H2/t17-/m1/s1. The summed E-state index contributed by atoms with van der Waals surface area (Å²) in [5.74, 6) is -0.841. The Labute approximate surface area is 164 Å². The van der Waals surface area contributed by atoms with Gasteiger partial charge in [-0.25, -0.2) is 0 Å². The number of Topliss-reactive ketones (excluding diaryl/α,β-unsaturated/α-hetero) is 1. The number of amidine groups is 1. The Morgan fingerprint density at radius 3 is 2.71 bits per heavy atom. The number of carbonyl (C=O) groups excluding carboxylic acids is 1. The number of hydrogen-bond donors (Lipinski definition) is 0. The maximum absolute atomic E-state index is 13.2. The molecule has 0 aromatic heterocycles. The fourth-order valence-corrected chi connectivity index (χ4v) is 4.10. The normalized spacial score (nSPS) is 24.0. The van der Waals surface area contributed by atoms with E-state index >= 15 is 0 Å². The molecule has 0 radical (unpaired) electrons. The van der Waals surface area contributed by atoms with Crippen LogP contribution in [0.5, 0.6) is 0 Å². The molecule has 0 unspecified atom stereocenters. The van der Waals surface area contributed by atoms with Gasteiger partial charge in [-0.2, -0.15) is 22.0 Å². The van der Waals surface area contributed by atoms with Crippen LogP contribution in [0.1, 0.15) is 28.8 Å². The second-order valence-corrected chi connectivity index (χ2v) is 7.59. The Morgan fingerprint density at radius 1 is 1.29 bits per heavy atom. The van der Waals surface area contributed by atoms with Crippen molar-refractivity contribution in [2.45, 2.75) is 31.2 Å². The molecule has 4 nitrogen and oxygen atoms in total. The van der Waals surface area contributed by atoms with E-state index in [2.05, 4.69) is 25.7 Å². The minimum atomic E-state index is -4.73. The molecule has 0 fully saturated rings. The molecule has 1 spiro atoms. The first-order chi connectivity index (χ1) is 13.1. The lowest BCUT2D eigenvalue weighted by Gasteiger charge is -2.33. The van der Waals surface area contributed by atoms with Gasteiger partial charge in [-0.05, 0) is 30.2 Å². The second-order valence-electron chi connectivity index (χ2n) is 6.68. The van der Waals surface area contributed by atoms with Gasteiger partial charge in [-0.3, -0.25) is 9.79 Å². The molecule has 0 saturated heterocycles. The number of fused-ring (bicyclic) bond motifs is 3. The van der Waals surface area contributed by atoms with Crippen LogP contribution in [0.25, 0.3) is 0 Å². The summed E-state index contributed by atoms with van der Waals surface area (Å²) in [4.78, 5) is 18.0. The molecule has 1 aromatic rings. The summed E-state index contributed by atoms with van der Waals surface area (Å²) in [5.41, 5.74) is -1.14. The Bertz CT molecular complexity index is 954. The van der Waals surface area contributed by atoms with Gasteiger partial charge in [0.2, 0.25) is 0 Å². The fourth-order valence-electron chi connectivity index (χ4n) is 3.73. The lowest BCUT2D eigenvalue weighted by Crippen LogP contribution is -2.37. The Kier molecular flexibility index (Phi) is 4.36. The number of halogens is 6. The summed E-state index contributed by atoms with van der Waals surface area (Å²) < 4.78 is 70.2. The van der Waals surface area contributed by atoms with Crippen LogP contribution < -0.4 is 0 Å². The van der Waals surface area contributed by atoms with Crippen molar-refractivity contribution in [1.29, 1.82) is 0 Å². The minimum absolute atomic E-state index is 0.00619. The Balaban J connectivity index is 1.83. The predicted molar refractivity (Wildman–Crippen MR) is 92.8 cm³/mol. The van der Waals surface area contributed by atoms with E-state index in [1.807, 2.05) is 0 Å². The monoisotopic (exact) mass is 462 g/mol. The third-order valence-corrected chi connectivity index (χ3v) is 5.41. The van der Waals surface area contributed by atoms with Gasteiger partial charge in [-0.1, -0.05) is 22.0 Å². The molecule has 1 aliphatic carbocycles. The zero-order valence-electron chi connectivity index (χ0n) is 14.1. The first kappa shape index (κ1) is 19.1. The van der Waals surface area contributed by atoms with E-state index in [4.69, 9.17) is 0 Å². The van der Waals surface area contributed by atoms with E-state index in [1.54, 1.807) is 18.2 Å². The molecule has 2 aliphatic heterocycles. The number of hydrogen-bond acceptors (Lipinski definition) is 4. The zero-order valence-corrected chi connectivity index (χ0v) is 15.7. The number of alkyl halides is 5. The average molecular weight is 463 g/mol. The number of nitrogens with zero attached hydrogens (tertiary/aromatic N) is 2. The SMILES string of the molecule is O=C1CC[C@@]2(CN3C=C(C(F)(F)F)C=C(OC(F)F)C3=N2)c2ccc(Br)cc21. The van der Waals surface area contributed by atoms with Crippen molar-refractivity contribution in [2.75, 3.05) is 6.54 Å². The van der Waals surface area contributed by atoms with Gasteiger partial charge >= 0.3 is 12.8 Å². The van der Waals surface area contributed by atoms with Crippen molar-refractivity contribution in [2.24, 2.45) is 4.99 Å². The number of rotatable bonds is 2. The van der Waals surface area contributed by atoms with Crippen LogP contribution >= 0.6 is 15.9 Å². The van der Waals surface area contributed by atoms with Gasteiger partial charge < -0.3 is 9.64 Å². The third kappa shape index (κ3) is 3.13. The van der Waals surface area contributed by atoms with E-state index < -0.39 is 29.7 Å². The molecule has 1 atom stereocenters. The van der Waals surface area contributed by atoms with E-state index in [0.717, 1.165) is 6.20 Å². The van der Waals surface area contributed by atoms with Crippen LogP contribution in [0.15, 0.2) is 51.3 Å². The molecule has 28 heavy (non-hydrogen) atoms. The second kappa shape index (κ2) is 6.40. The van der Waals surface area contributed by atoms with Crippen molar-refractivity contribution < 1.29 is 31.5 Å². The molecule has 0 bridgehead atoms. The highest BCUT2D eigenvalue weighted by molar-refractivity contribution is 9.10. The Morgan fingerprint density at radius 2 is 2.04 bits per heavy atom. The Hall–Kier alpha value is -2.23. The molecule has 2 heterocycles. The quantitative estimate of drug-likeness (QED) is 0.586. The summed E-state index contributed by atoms with van der Waals surface area (Å²) in [6.45, 7) is -3.30. The van der Waals surface area contributed by atoms with Crippen molar-refractivity contribution in [1.82, 2.24) is 4.90 Å². The van der Waals surface area contributed by atoms with Gasteiger partial charge in [0.15, 0.2) is 17.4 Å². The molecule has 0 saturated carbocycles. The van der Waals surface area contributed by atoms with Gasteiger partial charge in [-0.15, -0.1) is 0 Å². The maximum Gasteiger partial charge on any atom is 0.417 e. The lowest BCUT2D eigenvalue weighted by atomic mass is 9.76. The van der Waals surface area contributed by atoms with Crippen LogP contribution in [0.2, 0.25) is 0 Å². The lowest BCUT2D eigenvalue weighted by molar-refractivity contribution is -0.0981. The first-order valence-electron chi connectivity index (χ1n) is 8.25. The number of allylic oxidation sites excluding steroid dienone is 2. The van der Waals surface area contributed by atoms with Gasteiger partial charge in [0.05, 0.1) is 12.1 Å². The van der Waals surface area contributed by atoms with Crippen LogP contribution in [-0.4, -0.2) is 35.9 Å². The largest absolute Gasteiger partial charge is 0.431 e. The van der Waals surface area contributed by atoms with Crippen molar-refractivity contribution in [3.05, 3.63) is 57.4 Å². The summed E-state index contributed by atoms with van der Waals surface area (Å²) in [6, 6.07) is 5.03. The highest BCUT2D eigenvalue weighted by atomic mass is 79.9. The van der Waals surface area contributed by atoms with Crippen LogP contribution in [0, 0.1) is 0 Å². The molecule has 0 N–H and O–H groups in total. The molecule has 148 valence electrons. The molecule has 3 aliphatic rings. The van der Waals surface area contributed by atoms with Crippen LogP contribution in [0.4, 0.5) is 22.0 Å². The number of ketones is 1. The summed E-state index contributed by atoms with van der Waals surface area (Å²) in [7, 11) is 0. The third-order valence-electron chi connectivity index (χ3n) is 4.92. The van der Waals surface area contributed by atoms with E-state index in [0.29, 0.717) is 21.7 Å². The van der Waals surface area contributed by atoms with Crippen LogP contribution in [-0.2, 0) is 10.3 Å².